The van der Waals surface area contributed by atoms with E-state index in [2.05, 4.69) is 10.3 Å². The molecule has 5 nitrogen and oxygen atoms in total. The third-order valence-corrected chi connectivity index (χ3v) is 4.45. The van der Waals surface area contributed by atoms with Gasteiger partial charge >= 0.3 is 0 Å². The Hall–Kier alpha value is -2.95. The number of anilines is 1. The minimum absolute atomic E-state index is 0.0404. The van der Waals surface area contributed by atoms with Crippen LogP contribution < -0.4 is 10.9 Å². The zero-order valence-electron chi connectivity index (χ0n) is 13.4. The number of carbonyl (C=O) groups excluding carboxylic acids is 1. The SMILES string of the molecule is Cc1ccc2ncc(C(=O)Nc3ccc4c(c3)CCC4)c(=O)n2c1. The average Bonchev–Trinajstić information content (AvgIpc) is 3.03. The molecule has 0 bridgehead atoms. The van der Waals surface area contributed by atoms with Gasteiger partial charge in [-0.25, -0.2) is 4.98 Å². The molecule has 1 amide bonds. The Morgan fingerprint density at radius 3 is 2.88 bits per heavy atom. The van der Waals surface area contributed by atoms with E-state index in [9.17, 15) is 9.59 Å². The van der Waals surface area contributed by atoms with Crippen LogP contribution in [-0.2, 0) is 12.8 Å². The number of nitrogens with zero attached hydrogens (tertiary/aromatic N) is 2. The number of carbonyl (C=O) groups is 1. The van der Waals surface area contributed by atoms with Crippen LogP contribution in [0.25, 0.3) is 5.65 Å². The predicted molar refractivity (Wildman–Crippen MR) is 92.6 cm³/mol. The Morgan fingerprint density at radius 1 is 1.17 bits per heavy atom. The Kier molecular flexibility index (Phi) is 3.41. The Labute approximate surface area is 139 Å². The summed E-state index contributed by atoms with van der Waals surface area (Å²) in [5, 5.41) is 2.82. The summed E-state index contributed by atoms with van der Waals surface area (Å²) in [4.78, 5) is 29.3. The van der Waals surface area contributed by atoms with E-state index in [1.54, 1.807) is 12.3 Å². The number of aromatic nitrogens is 2. The second-order valence-corrected chi connectivity index (χ2v) is 6.20. The number of amides is 1. The van der Waals surface area contributed by atoms with Gasteiger partial charge in [-0.15, -0.1) is 0 Å². The summed E-state index contributed by atoms with van der Waals surface area (Å²) < 4.78 is 1.41. The van der Waals surface area contributed by atoms with E-state index < -0.39 is 5.91 Å². The van der Waals surface area contributed by atoms with E-state index in [4.69, 9.17) is 0 Å². The summed E-state index contributed by atoms with van der Waals surface area (Å²) in [6, 6.07) is 9.58. The van der Waals surface area contributed by atoms with Crippen LogP contribution in [0.3, 0.4) is 0 Å². The van der Waals surface area contributed by atoms with Crippen molar-refractivity contribution in [2.75, 3.05) is 5.32 Å². The van der Waals surface area contributed by atoms with E-state index in [0.29, 0.717) is 5.65 Å². The number of hydrogen-bond acceptors (Lipinski definition) is 3. The van der Waals surface area contributed by atoms with E-state index >= 15 is 0 Å². The molecule has 2 aromatic heterocycles. The molecule has 0 fully saturated rings. The zero-order chi connectivity index (χ0) is 16.7. The number of aryl methyl sites for hydroxylation is 3. The molecule has 120 valence electrons. The predicted octanol–water partition coefficient (Wildman–Crippen LogP) is 2.74. The van der Waals surface area contributed by atoms with Crippen LogP contribution in [0.5, 0.6) is 0 Å². The van der Waals surface area contributed by atoms with Crippen LogP contribution >= 0.6 is 0 Å². The molecule has 0 aliphatic heterocycles. The molecule has 0 radical (unpaired) electrons. The topological polar surface area (TPSA) is 63.5 Å². The molecule has 1 aliphatic rings. The molecule has 0 spiro atoms. The minimum Gasteiger partial charge on any atom is -0.322 e. The number of benzene rings is 1. The highest BCUT2D eigenvalue weighted by atomic mass is 16.2. The largest absolute Gasteiger partial charge is 0.322 e. The normalized spacial score (nSPS) is 13.0. The number of nitrogens with one attached hydrogen (secondary N) is 1. The van der Waals surface area contributed by atoms with Crippen molar-refractivity contribution >= 4 is 17.2 Å². The van der Waals surface area contributed by atoms with Gasteiger partial charge in [-0.2, -0.15) is 0 Å². The fourth-order valence-electron chi connectivity index (χ4n) is 3.19. The summed E-state index contributed by atoms with van der Waals surface area (Å²) in [7, 11) is 0. The summed E-state index contributed by atoms with van der Waals surface area (Å²) in [6.07, 6.45) is 6.33. The van der Waals surface area contributed by atoms with Crippen LogP contribution in [0.15, 0.2) is 47.5 Å². The smallest absolute Gasteiger partial charge is 0.270 e. The van der Waals surface area contributed by atoms with Crippen molar-refractivity contribution in [1.82, 2.24) is 9.38 Å². The van der Waals surface area contributed by atoms with Gasteiger partial charge in [0.15, 0.2) is 0 Å². The quantitative estimate of drug-likeness (QED) is 0.790. The van der Waals surface area contributed by atoms with Gasteiger partial charge in [0.1, 0.15) is 11.2 Å². The van der Waals surface area contributed by atoms with Gasteiger partial charge in [-0.3, -0.25) is 14.0 Å². The maximum absolute atomic E-state index is 12.6. The minimum atomic E-state index is -0.429. The molecule has 0 saturated carbocycles. The lowest BCUT2D eigenvalue weighted by atomic mass is 10.1. The molecule has 0 saturated heterocycles. The fourth-order valence-corrected chi connectivity index (χ4v) is 3.19. The molecular formula is C19H17N3O2. The van der Waals surface area contributed by atoms with Crippen molar-refractivity contribution in [1.29, 1.82) is 0 Å². The molecule has 1 aliphatic carbocycles. The van der Waals surface area contributed by atoms with Crippen LogP contribution in [0.1, 0.15) is 33.5 Å². The van der Waals surface area contributed by atoms with Crippen molar-refractivity contribution in [3.63, 3.8) is 0 Å². The molecule has 3 aromatic rings. The number of rotatable bonds is 2. The van der Waals surface area contributed by atoms with Crippen LogP contribution in [0.2, 0.25) is 0 Å². The molecular weight excluding hydrogens is 302 g/mol. The first-order valence-electron chi connectivity index (χ1n) is 8.03. The highest BCUT2D eigenvalue weighted by Crippen LogP contribution is 2.25. The van der Waals surface area contributed by atoms with Gasteiger partial charge in [-0.05, 0) is 61.1 Å². The van der Waals surface area contributed by atoms with Crippen LogP contribution in [0.4, 0.5) is 5.69 Å². The van der Waals surface area contributed by atoms with Crippen molar-refractivity contribution < 1.29 is 4.79 Å². The van der Waals surface area contributed by atoms with Crippen molar-refractivity contribution in [2.45, 2.75) is 26.2 Å². The van der Waals surface area contributed by atoms with Crippen LogP contribution in [-0.4, -0.2) is 15.3 Å². The highest BCUT2D eigenvalue weighted by Gasteiger charge is 2.15. The summed E-state index contributed by atoms with van der Waals surface area (Å²) in [6.45, 7) is 1.89. The third kappa shape index (κ3) is 2.48. The molecule has 0 unspecified atom stereocenters. The van der Waals surface area contributed by atoms with Gasteiger partial charge in [-0.1, -0.05) is 12.1 Å². The number of pyridine rings is 1. The zero-order valence-corrected chi connectivity index (χ0v) is 13.4. The maximum atomic E-state index is 12.6. The summed E-state index contributed by atoms with van der Waals surface area (Å²) >= 11 is 0. The third-order valence-electron chi connectivity index (χ3n) is 4.45. The number of fused-ring (bicyclic) bond motifs is 2. The van der Waals surface area contributed by atoms with E-state index in [1.807, 2.05) is 31.2 Å². The molecule has 1 aromatic carbocycles. The summed E-state index contributed by atoms with van der Waals surface area (Å²) in [5.74, 6) is -0.429. The van der Waals surface area contributed by atoms with Gasteiger partial charge in [0.25, 0.3) is 11.5 Å². The Balaban J connectivity index is 1.68. The fraction of sp³-hybridized carbons (Fsp3) is 0.211. The average molecular weight is 319 g/mol. The molecule has 1 N–H and O–H groups in total. The lowest BCUT2D eigenvalue weighted by molar-refractivity contribution is 0.102. The monoisotopic (exact) mass is 319 g/mol. The van der Waals surface area contributed by atoms with E-state index in [1.165, 1.54) is 21.7 Å². The molecule has 0 atom stereocenters. The maximum Gasteiger partial charge on any atom is 0.270 e. The Morgan fingerprint density at radius 2 is 2.00 bits per heavy atom. The number of hydrogen-bond donors (Lipinski definition) is 1. The van der Waals surface area contributed by atoms with Gasteiger partial charge in [0.2, 0.25) is 0 Å². The first-order chi connectivity index (χ1) is 11.6. The summed E-state index contributed by atoms with van der Waals surface area (Å²) in [5.41, 5.74) is 4.48. The van der Waals surface area contributed by atoms with E-state index in [0.717, 1.165) is 30.5 Å². The van der Waals surface area contributed by atoms with E-state index in [-0.39, 0.29) is 11.1 Å². The first kappa shape index (κ1) is 14.6. The lowest BCUT2D eigenvalue weighted by Gasteiger charge is -2.08. The van der Waals surface area contributed by atoms with Gasteiger partial charge in [0.05, 0.1) is 0 Å². The van der Waals surface area contributed by atoms with Crippen molar-refractivity contribution in [2.24, 2.45) is 0 Å². The second-order valence-electron chi connectivity index (χ2n) is 6.20. The second kappa shape index (κ2) is 5.60. The molecule has 5 heteroatoms. The van der Waals surface area contributed by atoms with Crippen molar-refractivity contribution in [3.8, 4) is 0 Å². The standard InChI is InChI=1S/C19H17N3O2/c1-12-5-8-17-20-10-16(19(24)22(17)11-12)18(23)21-15-7-6-13-3-2-4-14(13)9-15/h5-11H,2-4H2,1H3,(H,21,23). The molecule has 24 heavy (non-hydrogen) atoms. The molecule has 2 heterocycles. The lowest BCUT2D eigenvalue weighted by Crippen LogP contribution is -2.26. The Bertz CT molecular complexity index is 1020. The van der Waals surface area contributed by atoms with Crippen LogP contribution in [0, 0.1) is 6.92 Å². The van der Waals surface area contributed by atoms with Gasteiger partial charge < -0.3 is 5.32 Å². The highest BCUT2D eigenvalue weighted by molar-refractivity contribution is 6.04. The van der Waals surface area contributed by atoms with Gasteiger partial charge in [0, 0.05) is 18.1 Å². The first-order valence-corrected chi connectivity index (χ1v) is 8.03. The molecule has 4 rings (SSSR count). The van der Waals surface area contributed by atoms with Crippen molar-refractivity contribution in [3.05, 3.63) is 75.3 Å².